The zero-order chi connectivity index (χ0) is 19.7. The predicted molar refractivity (Wildman–Crippen MR) is 113 cm³/mol. The number of H-pyrrole nitrogens is 1. The largest absolute Gasteiger partial charge is 0.491 e. The van der Waals surface area contributed by atoms with Gasteiger partial charge in [-0.25, -0.2) is 4.98 Å². The maximum absolute atomic E-state index is 12.7. The number of aromatic nitrogens is 2. The van der Waals surface area contributed by atoms with E-state index in [1.54, 1.807) is 17.4 Å². The number of nitrogens with zero attached hydrogens (tertiary/aromatic N) is 2. The lowest BCUT2D eigenvalue weighted by Gasteiger charge is -2.09. The highest BCUT2D eigenvalue weighted by Crippen LogP contribution is 2.34. The molecule has 2 heterocycles. The molecule has 1 aliphatic rings. The van der Waals surface area contributed by atoms with Crippen LogP contribution in [0.3, 0.4) is 0 Å². The summed E-state index contributed by atoms with van der Waals surface area (Å²) in [7, 11) is 0. The summed E-state index contributed by atoms with van der Waals surface area (Å²) in [5.74, 6) is 1.10. The summed E-state index contributed by atoms with van der Waals surface area (Å²) in [6, 6.07) is 9.68. The molecule has 0 bridgehead atoms. The normalized spacial score (nSPS) is 14.1. The highest BCUT2D eigenvalue weighted by Gasteiger charge is 2.20. The lowest BCUT2D eigenvalue weighted by Crippen LogP contribution is -2.12. The average molecular weight is 391 g/mol. The predicted octanol–water partition coefficient (Wildman–Crippen LogP) is 4.71. The molecule has 5 nitrogen and oxygen atoms in total. The molecule has 0 atom stereocenters. The number of fused-ring (bicyclic) bond motifs is 3. The summed E-state index contributed by atoms with van der Waals surface area (Å²) in [5, 5.41) is 10.3. The molecule has 142 valence electrons. The number of thiophene rings is 1. The van der Waals surface area contributed by atoms with Gasteiger partial charge in [0.2, 0.25) is 0 Å². The first-order chi connectivity index (χ1) is 13.5. The Morgan fingerprint density at radius 2 is 2.04 bits per heavy atom. The van der Waals surface area contributed by atoms with Gasteiger partial charge in [-0.3, -0.25) is 4.79 Å². The molecule has 0 fully saturated rings. The lowest BCUT2D eigenvalue weighted by molar-refractivity contribution is 0.242. The van der Waals surface area contributed by atoms with E-state index >= 15 is 0 Å². The van der Waals surface area contributed by atoms with Crippen molar-refractivity contribution >= 4 is 33.2 Å². The Kier molecular flexibility index (Phi) is 5.01. The molecule has 1 aliphatic carbocycles. The fourth-order valence-corrected chi connectivity index (χ4v) is 4.79. The average Bonchev–Trinajstić information content (AvgIpc) is 3.05. The van der Waals surface area contributed by atoms with Crippen LogP contribution in [0.15, 0.2) is 29.1 Å². The highest BCUT2D eigenvalue weighted by atomic mass is 32.1. The third kappa shape index (κ3) is 3.58. The first-order valence-electron chi connectivity index (χ1n) is 9.48. The Morgan fingerprint density at radius 1 is 1.29 bits per heavy atom. The molecule has 0 spiro atoms. The van der Waals surface area contributed by atoms with Crippen LogP contribution in [-0.2, 0) is 12.8 Å². The van der Waals surface area contributed by atoms with E-state index in [2.05, 4.69) is 16.0 Å². The molecule has 0 saturated carbocycles. The van der Waals surface area contributed by atoms with Gasteiger partial charge >= 0.3 is 0 Å². The molecular weight excluding hydrogens is 370 g/mol. The number of hydrogen-bond donors (Lipinski definition) is 1. The van der Waals surface area contributed by atoms with Gasteiger partial charge < -0.3 is 9.72 Å². The monoisotopic (exact) mass is 391 g/mol. The molecule has 0 radical (unpaired) electrons. The van der Waals surface area contributed by atoms with Crippen LogP contribution in [0.1, 0.15) is 48.5 Å². The number of ether oxygens (including phenoxy) is 1. The van der Waals surface area contributed by atoms with Crippen LogP contribution in [0, 0.1) is 11.3 Å². The van der Waals surface area contributed by atoms with Gasteiger partial charge in [0.15, 0.2) is 5.82 Å². The van der Waals surface area contributed by atoms with Gasteiger partial charge in [0, 0.05) is 4.88 Å². The number of hydrogen-bond acceptors (Lipinski definition) is 5. The third-order valence-corrected chi connectivity index (χ3v) is 5.95. The standard InChI is InChI=1S/C22H21N3O2S/c1-13(2)27-16-9-7-14(8-10-16)11-15(12-23)20-24-21(26)19-17-5-3-4-6-18(17)28-22(19)25-20/h7-11,13H,3-6H2,1-2H3,(H,24,25,26)/b15-11-. The minimum atomic E-state index is -0.152. The highest BCUT2D eigenvalue weighted by molar-refractivity contribution is 7.18. The van der Waals surface area contributed by atoms with Gasteiger partial charge in [0.05, 0.1) is 17.1 Å². The fraction of sp³-hybridized carbons (Fsp3) is 0.318. The van der Waals surface area contributed by atoms with Gasteiger partial charge in [0.25, 0.3) is 5.56 Å². The van der Waals surface area contributed by atoms with Crippen LogP contribution >= 0.6 is 11.3 Å². The number of benzene rings is 1. The Morgan fingerprint density at radius 3 is 2.75 bits per heavy atom. The maximum Gasteiger partial charge on any atom is 0.260 e. The van der Waals surface area contributed by atoms with Crippen LogP contribution in [0.5, 0.6) is 5.75 Å². The molecule has 0 aliphatic heterocycles. The second-order valence-electron chi connectivity index (χ2n) is 7.21. The molecule has 4 rings (SSSR count). The van der Waals surface area contributed by atoms with Crippen LogP contribution in [0.25, 0.3) is 21.9 Å². The van der Waals surface area contributed by atoms with E-state index in [0.29, 0.717) is 16.8 Å². The zero-order valence-electron chi connectivity index (χ0n) is 15.9. The summed E-state index contributed by atoms with van der Waals surface area (Å²) < 4.78 is 5.64. The summed E-state index contributed by atoms with van der Waals surface area (Å²) in [6.07, 6.45) is 6.05. The lowest BCUT2D eigenvalue weighted by atomic mass is 9.97. The van der Waals surface area contributed by atoms with Gasteiger partial charge in [-0.1, -0.05) is 12.1 Å². The Hall–Kier alpha value is -2.91. The SMILES string of the molecule is CC(C)Oc1ccc(/C=C(/C#N)c2nc3sc4c(c3c(=O)[nH]2)CCCC4)cc1. The molecular formula is C22H21N3O2S. The molecule has 0 saturated heterocycles. The summed E-state index contributed by atoms with van der Waals surface area (Å²) in [6.45, 7) is 3.95. The summed E-state index contributed by atoms with van der Waals surface area (Å²) >= 11 is 1.59. The van der Waals surface area contributed by atoms with Crippen molar-refractivity contribution in [1.82, 2.24) is 9.97 Å². The van der Waals surface area contributed by atoms with E-state index in [9.17, 15) is 10.1 Å². The zero-order valence-corrected chi connectivity index (χ0v) is 16.7. The van der Waals surface area contributed by atoms with E-state index in [-0.39, 0.29) is 11.7 Å². The van der Waals surface area contributed by atoms with Crippen molar-refractivity contribution in [3.63, 3.8) is 0 Å². The Bertz CT molecular complexity index is 1150. The number of aromatic amines is 1. The molecule has 28 heavy (non-hydrogen) atoms. The fourth-order valence-electron chi connectivity index (χ4n) is 3.53. The number of allylic oxidation sites excluding steroid dienone is 1. The van der Waals surface area contributed by atoms with E-state index in [1.807, 2.05) is 38.1 Å². The van der Waals surface area contributed by atoms with E-state index in [4.69, 9.17) is 4.74 Å². The van der Waals surface area contributed by atoms with Crippen molar-refractivity contribution in [1.29, 1.82) is 5.26 Å². The third-order valence-electron chi connectivity index (χ3n) is 4.76. The summed E-state index contributed by atoms with van der Waals surface area (Å²) in [4.78, 5) is 22.1. The van der Waals surface area contributed by atoms with Gasteiger partial charge in [-0.2, -0.15) is 5.26 Å². The number of aryl methyl sites for hydroxylation is 2. The molecule has 2 aromatic heterocycles. The number of nitriles is 1. The quantitative estimate of drug-likeness (QED) is 0.653. The van der Waals surface area contributed by atoms with Crippen LogP contribution in [-0.4, -0.2) is 16.1 Å². The second-order valence-corrected chi connectivity index (χ2v) is 8.29. The minimum absolute atomic E-state index is 0.105. The van der Waals surface area contributed by atoms with E-state index in [1.165, 1.54) is 4.88 Å². The molecule has 3 aromatic rings. The Balaban J connectivity index is 1.72. The molecule has 6 heteroatoms. The number of nitrogens with one attached hydrogen (secondary N) is 1. The first kappa shape index (κ1) is 18.5. The van der Waals surface area contributed by atoms with Crippen molar-refractivity contribution in [3.05, 3.63) is 56.4 Å². The summed E-state index contributed by atoms with van der Waals surface area (Å²) in [5.41, 5.74) is 2.18. The van der Waals surface area contributed by atoms with Crippen LogP contribution < -0.4 is 10.3 Å². The smallest absolute Gasteiger partial charge is 0.260 e. The molecule has 1 N–H and O–H groups in total. The maximum atomic E-state index is 12.7. The van der Waals surface area contributed by atoms with E-state index < -0.39 is 0 Å². The molecule has 0 amide bonds. The van der Waals surface area contributed by atoms with Gasteiger partial charge in [-0.05, 0) is 68.9 Å². The minimum Gasteiger partial charge on any atom is -0.491 e. The van der Waals surface area contributed by atoms with Gasteiger partial charge in [-0.15, -0.1) is 11.3 Å². The van der Waals surface area contributed by atoms with Crippen molar-refractivity contribution in [2.45, 2.75) is 45.6 Å². The second kappa shape index (κ2) is 7.61. The van der Waals surface area contributed by atoms with Crippen molar-refractivity contribution in [2.24, 2.45) is 0 Å². The van der Waals surface area contributed by atoms with Crippen molar-refractivity contribution in [2.75, 3.05) is 0 Å². The number of rotatable bonds is 4. The van der Waals surface area contributed by atoms with Crippen molar-refractivity contribution < 1.29 is 4.74 Å². The van der Waals surface area contributed by atoms with Crippen LogP contribution in [0.4, 0.5) is 0 Å². The van der Waals surface area contributed by atoms with E-state index in [0.717, 1.165) is 47.4 Å². The van der Waals surface area contributed by atoms with Gasteiger partial charge in [0.1, 0.15) is 16.6 Å². The molecule has 1 aromatic carbocycles. The van der Waals surface area contributed by atoms with Crippen molar-refractivity contribution in [3.8, 4) is 11.8 Å². The molecule has 0 unspecified atom stereocenters. The van der Waals surface area contributed by atoms with Crippen LogP contribution in [0.2, 0.25) is 0 Å². The Labute approximate surface area is 167 Å². The first-order valence-corrected chi connectivity index (χ1v) is 10.3. The topological polar surface area (TPSA) is 78.8 Å².